The Hall–Kier alpha value is -2.37. The Balaban J connectivity index is 1.80. The highest BCUT2D eigenvalue weighted by Gasteiger charge is 2.51. The molecule has 2 aromatic carbocycles. The Bertz CT molecular complexity index is 811. The van der Waals surface area contributed by atoms with Gasteiger partial charge in [-0.1, -0.05) is 56.3 Å². The topological polar surface area (TPSA) is 78.8 Å². The maximum atomic E-state index is 13.3. The Morgan fingerprint density at radius 3 is 2.31 bits per heavy atom. The highest BCUT2D eigenvalue weighted by atomic mass is 16.5. The van der Waals surface area contributed by atoms with Gasteiger partial charge in [0.25, 0.3) is 0 Å². The maximum absolute atomic E-state index is 13.3. The molecule has 29 heavy (non-hydrogen) atoms. The summed E-state index contributed by atoms with van der Waals surface area (Å²) in [5.41, 5.74) is 0.856. The summed E-state index contributed by atoms with van der Waals surface area (Å²) in [6, 6.07) is 17.4. The van der Waals surface area contributed by atoms with E-state index in [-0.39, 0.29) is 23.8 Å². The Labute approximate surface area is 172 Å². The molecule has 3 N–H and O–H groups in total. The number of aliphatic hydroxyl groups is 2. The summed E-state index contributed by atoms with van der Waals surface area (Å²) in [7, 11) is 1.61. The molecule has 156 valence electrons. The van der Waals surface area contributed by atoms with Crippen molar-refractivity contribution in [2.45, 2.75) is 44.1 Å². The van der Waals surface area contributed by atoms with Gasteiger partial charge in [-0.15, -0.1) is 0 Å². The largest absolute Gasteiger partial charge is 0.497 e. The van der Waals surface area contributed by atoms with Gasteiger partial charge in [0.05, 0.1) is 18.6 Å². The summed E-state index contributed by atoms with van der Waals surface area (Å²) in [6.45, 7) is 4.45. The van der Waals surface area contributed by atoms with E-state index in [1.54, 1.807) is 7.11 Å². The molecular weight excluding hydrogens is 366 g/mol. The second-order valence-electron chi connectivity index (χ2n) is 8.69. The standard InChI is InChI=1S/C24H31NO4/c1-23(2,16-26)21(17-7-5-4-6-8-17)15-25-22(28)24(13-19(27)14-24)18-9-11-20(29-3)12-10-18/h4-12,19,21,26-27H,13-16H2,1-3H3,(H,25,28). The van der Waals surface area contributed by atoms with Crippen LogP contribution in [-0.2, 0) is 10.2 Å². The molecule has 1 atom stereocenters. The van der Waals surface area contributed by atoms with Crippen molar-refractivity contribution in [2.75, 3.05) is 20.3 Å². The molecule has 1 fully saturated rings. The normalized spacial score (nSPS) is 22.4. The third-order valence-electron chi connectivity index (χ3n) is 6.26. The monoisotopic (exact) mass is 397 g/mol. The van der Waals surface area contributed by atoms with Gasteiger partial charge in [0.2, 0.25) is 5.91 Å². The van der Waals surface area contributed by atoms with Crippen LogP contribution in [0.2, 0.25) is 0 Å². The molecule has 0 aliphatic heterocycles. The lowest BCUT2D eigenvalue weighted by atomic mass is 9.62. The van der Waals surface area contributed by atoms with Crippen molar-refractivity contribution < 1.29 is 19.7 Å². The zero-order chi connectivity index (χ0) is 21.1. The molecule has 5 heteroatoms. The first-order valence-corrected chi connectivity index (χ1v) is 10.1. The molecule has 2 aromatic rings. The highest BCUT2D eigenvalue weighted by molar-refractivity contribution is 5.89. The fourth-order valence-electron chi connectivity index (χ4n) is 4.21. The summed E-state index contributed by atoms with van der Waals surface area (Å²) in [6.07, 6.45) is 0.344. The quantitative estimate of drug-likeness (QED) is 0.640. The van der Waals surface area contributed by atoms with Crippen LogP contribution in [0.5, 0.6) is 5.75 Å². The minimum Gasteiger partial charge on any atom is -0.497 e. The van der Waals surface area contributed by atoms with E-state index in [9.17, 15) is 15.0 Å². The van der Waals surface area contributed by atoms with Crippen molar-refractivity contribution in [3.63, 3.8) is 0 Å². The van der Waals surface area contributed by atoms with Gasteiger partial charge in [-0.3, -0.25) is 4.79 Å². The molecule has 5 nitrogen and oxygen atoms in total. The molecule has 1 saturated carbocycles. The van der Waals surface area contributed by atoms with Crippen LogP contribution in [0.4, 0.5) is 0 Å². The number of carbonyl (C=O) groups is 1. The number of hydrogen-bond donors (Lipinski definition) is 3. The van der Waals surface area contributed by atoms with Crippen LogP contribution in [0.3, 0.4) is 0 Å². The smallest absolute Gasteiger partial charge is 0.230 e. The third kappa shape index (κ3) is 4.31. The van der Waals surface area contributed by atoms with E-state index in [0.717, 1.165) is 16.9 Å². The number of amides is 1. The predicted molar refractivity (Wildman–Crippen MR) is 113 cm³/mol. The summed E-state index contributed by atoms with van der Waals surface area (Å²) in [5.74, 6) is 0.622. The second kappa shape index (κ2) is 8.56. The van der Waals surface area contributed by atoms with Gasteiger partial charge in [0.15, 0.2) is 0 Å². The Morgan fingerprint density at radius 2 is 1.79 bits per heavy atom. The van der Waals surface area contributed by atoms with Crippen LogP contribution in [-0.4, -0.2) is 42.5 Å². The molecule has 0 saturated heterocycles. The Morgan fingerprint density at radius 1 is 1.17 bits per heavy atom. The molecule has 1 aliphatic rings. The SMILES string of the molecule is COc1ccc(C2(C(=O)NCC(c3ccccc3)C(C)(C)CO)CC(O)C2)cc1. The van der Waals surface area contributed by atoms with Gasteiger partial charge in [-0.2, -0.15) is 0 Å². The number of methoxy groups -OCH3 is 1. The number of ether oxygens (including phenoxy) is 1. The van der Waals surface area contributed by atoms with Crippen molar-refractivity contribution in [3.05, 3.63) is 65.7 Å². The lowest BCUT2D eigenvalue weighted by Gasteiger charge is -2.45. The molecule has 0 aromatic heterocycles. The summed E-state index contributed by atoms with van der Waals surface area (Å²) in [4.78, 5) is 13.3. The summed E-state index contributed by atoms with van der Waals surface area (Å²) in [5, 5.41) is 23.0. The van der Waals surface area contributed by atoms with Crippen LogP contribution >= 0.6 is 0 Å². The van der Waals surface area contributed by atoms with Gasteiger partial charge in [-0.05, 0) is 41.5 Å². The van der Waals surface area contributed by atoms with E-state index in [1.807, 2.05) is 68.4 Å². The number of carbonyl (C=O) groups excluding carboxylic acids is 1. The fraction of sp³-hybridized carbons (Fsp3) is 0.458. The molecular formula is C24H31NO4. The predicted octanol–water partition coefficient (Wildman–Crippen LogP) is 3.01. The van der Waals surface area contributed by atoms with Crippen molar-refractivity contribution in [3.8, 4) is 5.75 Å². The fourth-order valence-corrected chi connectivity index (χ4v) is 4.21. The molecule has 1 aliphatic carbocycles. The zero-order valence-electron chi connectivity index (χ0n) is 17.4. The molecule has 0 radical (unpaired) electrons. The molecule has 0 spiro atoms. The van der Waals surface area contributed by atoms with Gasteiger partial charge in [-0.25, -0.2) is 0 Å². The van der Waals surface area contributed by atoms with Gasteiger partial charge >= 0.3 is 0 Å². The van der Waals surface area contributed by atoms with Crippen LogP contribution in [0, 0.1) is 5.41 Å². The minimum absolute atomic E-state index is 0.0186. The van der Waals surface area contributed by atoms with E-state index in [0.29, 0.717) is 19.4 Å². The first-order chi connectivity index (χ1) is 13.8. The van der Waals surface area contributed by atoms with Crippen molar-refractivity contribution in [2.24, 2.45) is 5.41 Å². The molecule has 1 amide bonds. The van der Waals surface area contributed by atoms with Crippen molar-refractivity contribution in [1.82, 2.24) is 5.32 Å². The first-order valence-electron chi connectivity index (χ1n) is 10.1. The van der Waals surface area contributed by atoms with Crippen LogP contribution < -0.4 is 10.1 Å². The molecule has 0 heterocycles. The average molecular weight is 398 g/mol. The highest BCUT2D eigenvalue weighted by Crippen LogP contribution is 2.45. The zero-order valence-corrected chi connectivity index (χ0v) is 17.4. The molecule has 3 rings (SSSR count). The number of rotatable bonds is 8. The van der Waals surface area contributed by atoms with Gasteiger partial charge in [0.1, 0.15) is 5.75 Å². The van der Waals surface area contributed by atoms with Crippen LogP contribution in [0.15, 0.2) is 54.6 Å². The van der Waals surface area contributed by atoms with E-state index in [1.165, 1.54) is 0 Å². The lowest BCUT2D eigenvalue weighted by Crippen LogP contribution is -2.56. The minimum atomic E-state index is -0.726. The van der Waals surface area contributed by atoms with Crippen molar-refractivity contribution >= 4 is 5.91 Å². The first kappa shape index (κ1) is 21.3. The lowest BCUT2D eigenvalue weighted by molar-refractivity contribution is -0.135. The number of aliphatic hydroxyl groups excluding tert-OH is 2. The number of nitrogens with one attached hydrogen (secondary N) is 1. The van der Waals surface area contributed by atoms with Gasteiger partial charge in [0, 0.05) is 19.1 Å². The number of hydrogen-bond acceptors (Lipinski definition) is 4. The van der Waals surface area contributed by atoms with E-state index in [4.69, 9.17) is 4.74 Å². The maximum Gasteiger partial charge on any atom is 0.230 e. The van der Waals surface area contributed by atoms with Crippen LogP contribution in [0.1, 0.15) is 43.7 Å². The van der Waals surface area contributed by atoms with Crippen LogP contribution in [0.25, 0.3) is 0 Å². The number of benzene rings is 2. The van der Waals surface area contributed by atoms with Crippen molar-refractivity contribution in [1.29, 1.82) is 0 Å². The van der Waals surface area contributed by atoms with Gasteiger partial charge < -0.3 is 20.3 Å². The molecule has 1 unspecified atom stereocenters. The third-order valence-corrected chi connectivity index (χ3v) is 6.26. The Kier molecular flexibility index (Phi) is 6.30. The second-order valence-corrected chi connectivity index (χ2v) is 8.69. The van der Waals surface area contributed by atoms with E-state index < -0.39 is 11.5 Å². The molecule has 0 bridgehead atoms. The van der Waals surface area contributed by atoms with E-state index in [2.05, 4.69) is 5.32 Å². The summed E-state index contributed by atoms with van der Waals surface area (Å²) >= 11 is 0. The van der Waals surface area contributed by atoms with E-state index >= 15 is 0 Å². The summed E-state index contributed by atoms with van der Waals surface area (Å²) < 4.78 is 5.22. The average Bonchev–Trinajstić information content (AvgIpc) is 2.72.